The topological polar surface area (TPSA) is 87.3 Å². The standard InChI is InChI=1S/C20H21ClN4O3/c1-3-25(4-2)18(26)12-28-17-9-8-14(10-16(17)21)23-20(27)15-7-5-6-13-11-22-24-19(13)15/h5-11H,3-4,12H2,1-2H3,(H,22,24)(H,23,27). The molecule has 7 nitrogen and oxygen atoms in total. The summed E-state index contributed by atoms with van der Waals surface area (Å²) < 4.78 is 5.53. The van der Waals surface area contributed by atoms with Gasteiger partial charge in [-0.15, -0.1) is 0 Å². The van der Waals surface area contributed by atoms with E-state index in [1.54, 1.807) is 41.4 Å². The third kappa shape index (κ3) is 4.26. The first-order valence-electron chi connectivity index (χ1n) is 8.97. The minimum Gasteiger partial charge on any atom is -0.482 e. The number of anilines is 1. The first-order valence-corrected chi connectivity index (χ1v) is 9.34. The van der Waals surface area contributed by atoms with E-state index in [1.165, 1.54) is 0 Å². The van der Waals surface area contributed by atoms with Gasteiger partial charge in [-0.05, 0) is 38.1 Å². The normalized spacial score (nSPS) is 10.7. The lowest BCUT2D eigenvalue weighted by molar-refractivity contribution is -0.132. The van der Waals surface area contributed by atoms with Crippen LogP contribution in [-0.2, 0) is 4.79 Å². The van der Waals surface area contributed by atoms with E-state index in [1.807, 2.05) is 19.9 Å². The molecule has 28 heavy (non-hydrogen) atoms. The van der Waals surface area contributed by atoms with Crippen LogP contribution in [0.3, 0.4) is 0 Å². The highest BCUT2D eigenvalue weighted by atomic mass is 35.5. The van der Waals surface area contributed by atoms with Crippen LogP contribution < -0.4 is 10.1 Å². The molecule has 146 valence electrons. The van der Waals surface area contributed by atoms with Crippen LogP contribution in [0.25, 0.3) is 10.9 Å². The second-order valence-corrected chi connectivity index (χ2v) is 6.50. The van der Waals surface area contributed by atoms with Gasteiger partial charge in [0, 0.05) is 24.2 Å². The third-order valence-electron chi connectivity index (χ3n) is 4.38. The second kappa shape index (κ2) is 8.75. The average Bonchev–Trinajstić information content (AvgIpc) is 3.17. The van der Waals surface area contributed by atoms with Crippen LogP contribution in [0.4, 0.5) is 5.69 Å². The molecule has 3 rings (SSSR count). The summed E-state index contributed by atoms with van der Waals surface area (Å²) >= 11 is 6.25. The van der Waals surface area contributed by atoms with Gasteiger partial charge in [0.2, 0.25) is 0 Å². The number of para-hydroxylation sites is 1. The van der Waals surface area contributed by atoms with Crippen molar-refractivity contribution in [1.82, 2.24) is 15.1 Å². The highest BCUT2D eigenvalue weighted by molar-refractivity contribution is 6.32. The summed E-state index contributed by atoms with van der Waals surface area (Å²) in [4.78, 5) is 26.3. The Hall–Kier alpha value is -3.06. The zero-order chi connectivity index (χ0) is 20.1. The average molecular weight is 401 g/mol. The maximum atomic E-state index is 12.6. The quantitative estimate of drug-likeness (QED) is 0.632. The number of H-pyrrole nitrogens is 1. The monoisotopic (exact) mass is 400 g/mol. The molecule has 0 fully saturated rings. The summed E-state index contributed by atoms with van der Waals surface area (Å²) in [6, 6.07) is 10.3. The van der Waals surface area contributed by atoms with Gasteiger partial charge >= 0.3 is 0 Å². The van der Waals surface area contributed by atoms with Crippen molar-refractivity contribution in [3.05, 3.63) is 53.2 Å². The van der Waals surface area contributed by atoms with Gasteiger partial charge in [0.15, 0.2) is 6.61 Å². The number of amides is 2. The van der Waals surface area contributed by atoms with Crippen molar-refractivity contribution in [1.29, 1.82) is 0 Å². The SMILES string of the molecule is CCN(CC)C(=O)COc1ccc(NC(=O)c2cccc3cn[nH]c23)cc1Cl. The summed E-state index contributed by atoms with van der Waals surface area (Å²) in [5.74, 6) is -0.00163. The van der Waals surface area contributed by atoms with Crippen LogP contribution in [0.5, 0.6) is 5.75 Å². The minimum absolute atomic E-state index is 0.0884. The molecule has 0 saturated carbocycles. The molecule has 0 bridgehead atoms. The van der Waals surface area contributed by atoms with Crippen LogP contribution in [-0.4, -0.2) is 46.6 Å². The summed E-state index contributed by atoms with van der Waals surface area (Å²) in [6.45, 7) is 4.99. The number of nitrogens with one attached hydrogen (secondary N) is 2. The molecule has 2 aromatic carbocycles. The number of nitrogens with zero attached hydrogens (tertiary/aromatic N) is 2. The Morgan fingerprint density at radius 3 is 2.71 bits per heavy atom. The van der Waals surface area contributed by atoms with E-state index in [0.717, 1.165) is 5.39 Å². The number of likely N-dealkylation sites (N-methyl/N-ethyl adjacent to an activating group) is 1. The van der Waals surface area contributed by atoms with Crippen molar-refractivity contribution < 1.29 is 14.3 Å². The fourth-order valence-corrected chi connectivity index (χ4v) is 3.09. The van der Waals surface area contributed by atoms with Gasteiger partial charge in [-0.3, -0.25) is 14.7 Å². The zero-order valence-corrected chi connectivity index (χ0v) is 16.4. The number of carbonyl (C=O) groups is 2. The molecule has 0 aliphatic carbocycles. The molecular weight excluding hydrogens is 380 g/mol. The van der Waals surface area contributed by atoms with Crippen LogP contribution >= 0.6 is 11.6 Å². The summed E-state index contributed by atoms with van der Waals surface area (Å²) in [7, 11) is 0. The Kier molecular flexibility index (Phi) is 6.16. The van der Waals surface area contributed by atoms with E-state index >= 15 is 0 Å². The smallest absolute Gasteiger partial charge is 0.260 e. The fourth-order valence-electron chi connectivity index (χ4n) is 2.86. The van der Waals surface area contributed by atoms with Crippen LogP contribution in [0.1, 0.15) is 24.2 Å². The largest absolute Gasteiger partial charge is 0.482 e. The Morgan fingerprint density at radius 2 is 2.00 bits per heavy atom. The number of ether oxygens (including phenoxy) is 1. The molecule has 0 atom stereocenters. The minimum atomic E-state index is -0.281. The van der Waals surface area contributed by atoms with Crippen molar-refractivity contribution in [2.24, 2.45) is 0 Å². The molecule has 0 aliphatic rings. The number of rotatable bonds is 7. The number of aromatic amines is 1. The lowest BCUT2D eigenvalue weighted by Crippen LogP contribution is -2.34. The van der Waals surface area contributed by atoms with Crippen molar-refractivity contribution in [2.75, 3.05) is 25.0 Å². The van der Waals surface area contributed by atoms with Crippen LogP contribution in [0.2, 0.25) is 5.02 Å². The molecule has 3 aromatic rings. The van der Waals surface area contributed by atoms with E-state index in [4.69, 9.17) is 16.3 Å². The number of fused-ring (bicyclic) bond motifs is 1. The van der Waals surface area contributed by atoms with Gasteiger partial charge in [-0.2, -0.15) is 5.10 Å². The molecule has 8 heteroatoms. The first kappa shape index (κ1) is 19.7. The van der Waals surface area contributed by atoms with Crippen molar-refractivity contribution in [2.45, 2.75) is 13.8 Å². The molecule has 0 saturated heterocycles. The van der Waals surface area contributed by atoms with E-state index in [2.05, 4.69) is 15.5 Å². The Labute approximate surface area is 167 Å². The number of aromatic nitrogens is 2. The second-order valence-electron chi connectivity index (χ2n) is 6.09. The predicted molar refractivity (Wildman–Crippen MR) is 109 cm³/mol. The Balaban J connectivity index is 1.68. The number of halogens is 1. The molecule has 0 spiro atoms. The van der Waals surface area contributed by atoms with E-state index in [-0.39, 0.29) is 18.4 Å². The van der Waals surface area contributed by atoms with Crippen molar-refractivity contribution in [3.8, 4) is 5.75 Å². The molecular formula is C20H21ClN4O3. The van der Waals surface area contributed by atoms with Crippen molar-refractivity contribution >= 4 is 40.0 Å². The number of carbonyl (C=O) groups excluding carboxylic acids is 2. The molecule has 0 radical (unpaired) electrons. The van der Waals surface area contributed by atoms with Gasteiger partial charge in [0.25, 0.3) is 11.8 Å². The van der Waals surface area contributed by atoms with Crippen molar-refractivity contribution in [3.63, 3.8) is 0 Å². The summed E-state index contributed by atoms with van der Waals surface area (Å²) in [6.07, 6.45) is 1.66. The lowest BCUT2D eigenvalue weighted by atomic mass is 10.1. The number of benzene rings is 2. The van der Waals surface area contributed by atoms with E-state index in [9.17, 15) is 9.59 Å². The molecule has 2 amide bonds. The maximum Gasteiger partial charge on any atom is 0.260 e. The van der Waals surface area contributed by atoms with Gasteiger partial charge in [0.05, 0.1) is 22.3 Å². The molecule has 0 unspecified atom stereocenters. The summed E-state index contributed by atoms with van der Waals surface area (Å²) in [5, 5.41) is 10.8. The Bertz CT molecular complexity index is 998. The number of hydrogen-bond acceptors (Lipinski definition) is 4. The third-order valence-corrected chi connectivity index (χ3v) is 4.67. The lowest BCUT2D eigenvalue weighted by Gasteiger charge is -2.19. The summed E-state index contributed by atoms with van der Waals surface area (Å²) in [5.41, 5.74) is 1.67. The number of hydrogen-bond donors (Lipinski definition) is 2. The molecule has 1 heterocycles. The van der Waals surface area contributed by atoms with Gasteiger partial charge < -0.3 is 15.0 Å². The van der Waals surface area contributed by atoms with Crippen LogP contribution in [0.15, 0.2) is 42.6 Å². The van der Waals surface area contributed by atoms with Crippen LogP contribution in [0, 0.1) is 0 Å². The van der Waals surface area contributed by atoms with E-state index in [0.29, 0.717) is 40.6 Å². The van der Waals surface area contributed by atoms with Gasteiger partial charge in [-0.25, -0.2) is 0 Å². The molecule has 2 N–H and O–H groups in total. The van der Waals surface area contributed by atoms with Gasteiger partial charge in [0.1, 0.15) is 5.75 Å². The highest BCUT2D eigenvalue weighted by Gasteiger charge is 2.14. The predicted octanol–water partition coefficient (Wildman–Crippen LogP) is 3.72. The Morgan fingerprint density at radius 1 is 1.21 bits per heavy atom. The van der Waals surface area contributed by atoms with Gasteiger partial charge in [-0.1, -0.05) is 23.7 Å². The first-order chi connectivity index (χ1) is 13.5. The zero-order valence-electron chi connectivity index (χ0n) is 15.7. The fraction of sp³-hybridized carbons (Fsp3) is 0.250. The van der Waals surface area contributed by atoms with E-state index < -0.39 is 0 Å². The highest BCUT2D eigenvalue weighted by Crippen LogP contribution is 2.28. The molecule has 1 aromatic heterocycles. The maximum absolute atomic E-state index is 12.6. The molecule has 0 aliphatic heterocycles.